The van der Waals surface area contributed by atoms with E-state index >= 15 is 0 Å². The van der Waals surface area contributed by atoms with Crippen LogP contribution in [-0.4, -0.2) is 10.9 Å². The van der Waals surface area contributed by atoms with Crippen molar-refractivity contribution < 1.29 is 18.7 Å². The van der Waals surface area contributed by atoms with Gasteiger partial charge in [0.15, 0.2) is 0 Å². The largest absolute Gasteiger partial charge is 0.488 e. The van der Waals surface area contributed by atoms with E-state index in [4.69, 9.17) is 21.5 Å². The Morgan fingerprint density at radius 2 is 2.00 bits per heavy atom. The SMILES string of the molecule is C/C(=N/O)c1cc(F)ccc1OCc1ccc(Cl)c(F)c1. The van der Waals surface area contributed by atoms with Gasteiger partial charge in [0.2, 0.25) is 0 Å². The molecule has 0 radical (unpaired) electrons. The summed E-state index contributed by atoms with van der Waals surface area (Å²) < 4.78 is 32.1. The Hall–Kier alpha value is -2.14. The molecule has 0 fully saturated rings. The number of hydrogen-bond acceptors (Lipinski definition) is 3. The zero-order valence-electron chi connectivity index (χ0n) is 11.1. The van der Waals surface area contributed by atoms with Gasteiger partial charge in [0, 0.05) is 5.56 Å². The lowest BCUT2D eigenvalue weighted by Crippen LogP contribution is -2.03. The van der Waals surface area contributed by atoms with Gasteiger partial charge in [0.25, 0.3) is 0 Å². The highest BCUT2D eigenvalue weighted by Gasteiger charge is 2.10. The first-order valence-corrected chi connectivity index (χ1v) is 6.44. The minimum Gasteiger partial charge on any atom is -0.488 e. The van der Waals surface area contributed by atoms with E-state index in [-0.39, 0.29) is 17.3 Å². The Morgan fingerprint density at radius 1 is 1.24 bits per heavy atom. The Morgan fingerprint density at radius 3 is 2.67 bits per heavy atom. The molecule has 21 heavy (non-hydrogen) atoms. The van der Waals surface area contributed by atoms with Crippen LogP contribution in [0, 0.1) is 11.6 Å². The fourth-order valence-electron chi connectivity index (χ4n) is 1.76. The minimum absolute atomic E-state index is 0.0319. The normalized spacial score (nSPS) is 11.5. The van der Waals surface area contributed by atoms with E-state index in [1.807, 2.05) is 0 Å². The van der Waals surface area contributed by atoms with Crippen LogP contribution in [0.15, 0.2) is 41.6 Å². The molecule has 0 saturated carbocycles. The van der Waals surface area contributed by atoms with Crippen LogP contribution in [-0.2, 0) is 6.61 Å². The maximum atomic E-state index is 13.3. The molecule has 110 valence electrons. The van der Waals surface area contributed by atoms with Crippen LogP contribution < -0.4 is 4.74 Å². The van der Waals surface area contributed by atoms with Crippen LogP contribution in [0.5, 0.6) is 5.75 Å². The second-order valence-electron chi connectivity index (χ2n) is 4.36. The lowest BCUT2D eigenvalue weighted by Gasteiger charge is -2.11. The first-order chi connectivity index (χ1) is 10.0. The minimum atomic E-state index is -0.537. The summed E-state index contributed by atoms with van der Waals surface area (Å²) in [6.45, 7) is 1.59. The summed E-state index contributed by atoms with van der Waals surface area (Å²) in [6, 6.07) is 8.17. The molecule has 0 atom stereocenters. The third kappa shape index (κ3) is 3.70. The quantitative estimate of drug-likeness (QED) is 0.517. The van der Waals surface area contributed by atoms with Crippen LogP contribution >= 0.6 is 11.6 Å². The molecular weight excluding hydrogens is 300 g/mol. The Labute approximate surface area is 125 Å². The molecule has 2 rings (SSSR count). The van der Waals surface area contributed by atoms with Gasteiger partial charge in [-0.3, -0.25) is 0 Å². The predicted octanol–water partition coefficient (Wildman–Crippen LogP) is 4.40. The highest BCUT2D eigenvalue weighted by Crippen LogP contribution is 2.23. The van der Waals surface area contributed by atoms with Gasteiger partial charge < -0.3 is 9.94 Å². The van der Waals surface area contributed by atoms with Crippen molar-refractivity contribution in [3.63, 3.8) is 0 Å². The van der Waals surface area contributed by atoms with E-state index in [9.17, 15) is 8.78 Å². The Bertz CT molecular complexity index is 689. The van der Waals surface area contributed by atoms with Crippen LogP contribution in [0.25, 0.3) is 0 Å². The van der Waals surface area contributed by atoms with Gasteiger partial charge >= 0.3 is 0 Å². The van der Waals surface area contributed by atoms with E-state index in [1.54, 1.807) is 6.07 Å². The third-order valence-corrected chi connectivity index (χ3v) is 3.17. The van der Waals surface area contributed by atoms with Gasteiger partial charge in [0.1, 0.15) is 24.0 Å². The third-order valence-electron chi connectivity index (χ3n) is 2.86. The van der Waals surface area contributed by atoms with E-state index in [0.29, 0.717) is 16.9 Å². The molecule has 0 aliphatic carbocycles. The first kappa shape index (κ1) is 15.3. The molecule has 0 aliphatic heterocycles. The van der Waals surface area contributed by atoms with Crippen molar-refractivity contribution in [2.45, 2.75) is 13.5 Å². The monoisotopic (exact) mass is 311 g/mol. The summed E-state index contributed by atoms with van der Waals surface area (Å²) in [6.07, 6.45) is 0. The van der Waals surface area contributed by atoms with Gasteiger partial charge in [-0.25, -0.2) is 8.78 Å². The molecule has 6 heteroatoms. The summed E-state index contributed by atoms with van der Waals surface area (Å²) in [5.74, 6) is -0.676. The maximum absolute atomic E-state index is 13.3. The Balaban J connectivity index is 2.21. The zero-order valence-corrected chi connectivity index (χ0v) is 11.9. The van der Waals surface area contributed by atoms with Crippen LogP contribution in [0.4, 0.5) is 8.78 Å². The molecule has 0 heterocycles. The van der Waals surface area contributed by atoms with Crippen LogP contribution in [0.2, 0.25) is 5.02 Å². The number of oxime groups is 1. The van der Waals surface area contributed by atoms with Crippen molar-refractivity contribution in [3.8, 4) is 5.75 Å². The summed E-state index contributed by atoms with van der Waals surface area (Å²) in [5.41, 5.74) is 1.12. The number of halogens is 3. The van der Waals surface area contributed by atoms with Gasteiger partial charge in [-0.1, -0.05) is 22.8 Å². The number of nitrogens with zero attached hydrogens (tertiary/aromatic N) is 1. The van der Waals surface area contributed by atoms with E-state index in [0.717, 1.165) is 0 Å². The number of rotatable bonds is 4. The summed E-state index contributed by atoms with van der Waals surface area (Å²) >= 11 is 5.60. The smallest absolute Gasteiger partial charge is 0.142 e. The molecule has 2 aromatic carbocycles. The van der Waals surface area contributed by atoms with Crippen molar-refractivity contribution in [2.24, 2.45) is 5.16 Å². The zero-order chi connectivity index (χ0) is 15.4. The van der Waals surface area contributed by atoms with E-state index in [2.05, 4.69) is 5.16 Å². The fraction of sp³-hybridized carbons (Fsp3) is 0.133. The molecule has 0 unspecified atom stereocenters. The fourth-order valence-corrected chi connectivity index (χ4v) is 1.87. The second kappa shape index (κ2) is 6.54. The molecule has 2 aromatic rings. The summed E-state index contributed by atoms with van der Waals surface area (Å²) in [7, 11) is 0. The molecule has 0 spiro atoms. The topological polar surface area (TPSA) is 41.8 Å². The van der Waals surface area contributed by atoms with Gasteiger partial charge in [-0.2, -0.15) is 0 Å². The van der Waals surface area contributed by atoms with Crippen molar-refractivity contribution in [1.82, 2.24) is 0 Å². The average molecular weight is 312 g/mol. The molecule has 0 aliphatic rings. The van der Waals surface area contributed by atoms with Crippen molar-refractivity contribution in [1.29, 1.82) is 0 Å². The molecular formula is C15H12ClF2NO2. The molecule has 0 amide bonds. The number of ether oxygens (including phenoxy) is 1. The van der Waals surface area contributed by atoms with Crippen molar-refractivity contribution in [3.05, 3.63) is 64.2 Å². The summed E-state index contributed by atoms with van der Waals surface area (Å²) in [5, 5.41) is 11.9. The average Bonchev–Trinajstić information content (AvgIpc) is 2.48. The van der Waals surface area contributed by atoms with Crippen molar-refractivity contribution in [2.75, 3.05) is 0 Å². The molecule has 0 saturated heterocycles. The lowest BCUT2D eigenvalue weighted by atomic mass is 10.1. The number of benzene rings is 2. The predicted molar refractivity (Wildman–Crippen MR) is 76.1 cm³/mol. The van der Waals surface area contributed by atoms with E-state index < -0.39 is 11.6 Å². The Kier molecular flexibility index (Phi) is 4.75. The summed E-state index contributed by atoms with van der Waals surface area (Å²) in [4.78, 5) is 0. The highest BCUT2D eigenvalue weighted by molar-refractivity contribution is 6.30. The highest BCUT2D eigenvalue weighted by atomic mass is 35.5. The second-order valence-corrected chi connectivity index (χ2v) is 4.77. The van der Waals surface area contributed by atoms with Gasteiger partial charge in [-0.05, 0) is 42.8 Å². The van der Waals surface area contributed by atoms with Gasteiger partial charge in [-0.15, -0.1) is 0 Å². The first-order valence-electron chi connectivity index (χ1n) is 6.06. The molecule has 0 aromatic heterocycles. The lowest BCUT2D eigenvalue weighted by molar-refractivity contribution is 0.302. The molecule has 3 nitrogen and oxygen atoms in total. The van der Waals surface area contributed by atoms with Gasteiger partial charge in [0.05, 0.1) is 10.7 Å². The van der Waals surface area contributed by atoms with Crippen LogP contribution in [0.3, 0.4) is 0 Å². The number of hydrogen-bond donors (Lipinski definition) is 1. The molecule has 0 bridgehead atoms. The molecule has 1 N–H and O–H groups in total. The van der Waals surface area contributed by atoms with Crippen LogP contribution in [0.1, 0.15) is 18.1 Å². The van der Waals surface area contributed by atoms with Crippen molar-refractivity contribution >= 4 is 17.3 Å². The maximum Gasteiger partial charge on any atom is 0.142 e. The standard InChI is InChI=1S/C15H12ClF2NO2/c1-9(19-20)12-7-11(17)3-5-15(12)21-8-10-2-4-13(16)14(18)6-10/h2-7,20H,8H2,1H3/b19-9-. The van der Waals surface area contributed by atoms with E-state index in [1.165, 1.54) is 37.3 Å².